The Labute approximate surface area is 367 Å². The van der Waals surface area contributed by atoms with Crippen LogP contribution in [0.5, 0.6) is 5.75 Å². The van der Waals surface area contributed by atoms with Gasteiger partial charge < -0.3 is 33.5 Å². The van der Waals surface area contributed by atoms with Gasteiger partial charge in [-0.1, -0.05) is 19.9 Å². The number of methoxy groups -OCH3 is 1. The van der Waals surface area contributed by atoms with E-state index in [1.54, 1.807) is 51.0 Å². The molecule has 23 nitrogen and oxygen atoms in total. The molecule has 0 unspecified atom stereocenters. The van der Waals surface area contributed by atoms with E-state index in [9.17, 15) is 43.0 Å². The van der Waals surface area contributed by atoms with Crippen LogP contribution in [0.4, 0.5) is 15.3 Å². The summed E-state index contributed by atoms with van der Waals surface area (Å²) >= 11 is 0. The number of hydrogen-bond acceptors (Lipinski definition) is 17. The van der Waals surface area contributed by atoms with Crippen LogP contribution in [0.1, 0.15) is 39.7 Å². The number of nitrogens with zero attached hydrogens (tertiary/aromatic N) is 10. The lowest BCUT2D eigenvalue weighted by Gasteiger charge is -2.47. The fraction of sp³-hybridized carbons (Fsp3) is 0.500. The van der Waals surface area contributed by atoms with Gasteiger partial charge in [0.05, 0.1) is 42.2 Å². The van der Waals surface area contributed by atoms with Gasteiger partial charge in [-0.3, -0.25) is 24.2 Å². The van der Waals surface area contributed by atoms with E-state index in [1.165, 1.54) is 64.4 Å². The highest BCUT2D eigenvalue weighted by molar-refractivity contribution is 7.89. The summed E-state index contributed by atoms with van der Waals surface area (Å²) in [7, 11) is 0.759. The number of carbonyl (C=O) groups excluding carboxylic acids is 4. The summed E-state index contributed by atoms with van der Waals surface area (Å²) < 4.78 is 56.5. The predicted molar refractivity (Wildman–Crippen MR) is 223 cm³/mol. The molecule has 3 aromatic heterocycles. The van der Waals surface area contributed by atoms with E-state index in [-0.39, 0.29) is 56.3 Å². The summed E-state index contributed by atoms with van der Waals surface area (Å²) in [6.07, 6.45) is 1.85. The molecule has 2 amide bonds. The average Bonchev–Trinajstić information content (AvgIpc) is 3.93. The molecule has 2 fully saturated rings. The summed E-state index contributed by atoms with van der Waals surface area (Å²) in [6, 6.07) is 7.22. The normalized spacial score (nSPS) is 20.6. The van der Waals surface area contributed by atoms with Crippen molar-refractivity contribution < 1.29 is 56.2 Å². The first-order chi connectivity index (χ1) is 30.3. The average molecular weight is 909 g/mol. The number of fused-ring (bicyclic) bond motifs is 1. The van der Waals surface area contributed by atoms with Gasteiger partial charge in [0.25, 0.3) is 0 Å². The second-order valence-electron chi connectivity index (χ2n) is 15.6. The van der Waals surface area contributed by atoms with Crippen LogP contribution in [0.15, 0.2) is 49.2 Å². The van der Waals surface area contributed by atoms with Gasteiger partial charge in [0.15, 0.2) is 23.6 Å². The zero-order valence-electron chi connectivity index (χ0n) is 36.1. The van der Waals surface area contributed by atoms with E-state index < -0.39 is 80.6 Å². The molecule has 0 saturated carbocycles. The van der Waals surface area contributed by atoms with Gasteiger partial charge in [0.1, 0.15) is 18.5 Å². The smallest absolute Gasteiger partial charge is 0.409 e. The minimum absolute atomic E-state index is 0.0442. The van der Waals surface area contributed by atoms with Gasteiger partial charge in [0.2, 0.25) is 16.3 Å². The molecule has 2 aliphatic rings. The van der Waals surface area contributed by atoms with E-state index in [2.05, 4.69) is 21.1 Å². The van der Waals surface area contributed by atoms with Crippen molar-refractivity contribution in [1.82, 2.24) is 38.4 Å². The number of rotatable bonds is 15. The Morgan fingerprint density at radius 3 is 2.47 bits per heavy atom. The maximum absolute atomic E-state index is 13.6. The zero-order chi connectivity index (χ0) is 46.7. The van der Waals surface area contributed by atoms with Crippen molar-refractivity contribution in [2.24, 2.45) is 11.8 Å². The topological polar surface area (TPSA) is 274 Å². The highest BCUT2D eigenvalue weighted by atomic mass is 32.2. The highest BCUT2D eigenvalue weighted by Crippen LogP contribution is 2.38. The Kier molecular flexibility index (Phi) is 13.9. The number of ether oxygens (including phenoxy) is 5. The molecule has 0 aliphatic carbocycles. The van der Waals surface area contributed by atoms with Crippen LogP contribution >= 0.6 is 0 Å². The van der Waals surface area contributed by atoms with E-state index in [0.29, 0.717) is 22.3 Å². The number of nitriles is 1. The van der Waals surface area contributed by atoms with E-state index in [0.717, 1.165) is 6.07 Å². The van der Waals surface area contributed by atoms with Gasteiger partial charge >= 0.3 is 29.8 Å². The Bertz CT molecular complexity index is 2590. The number of esters is 2. The quantitative estimate of drug-likeness (QED) is 0.0717. The van der Waals surface area contributed by atoms with Crippen molar-refractivity contribution in [3.05, 3.63) is 64.9 Å². The molecule has 342 valence electrons. The molecule has 0 bridgehead atoms. The fourth-order valence-electron chi connectivity index (χ4n) is 7.47. The number of hydrogen-bond donors (Lipinski definition) is 0. The summed E-state index contributed by atoms with van der Waals surface area (Å²) in [4.78, 5) is 73.8. The molecule has 24 heteroatoms. The van der Waals surface area contributed by atoms with E-state index in [4.69, 9.17) is 23.7 Å². The predicted octanol–water partition coefficient (Wildman–Crippen LogP) is 3.13. The van der Waals surface area contributed by atoms with E-state index >= 15 is 0 Å². The zero-order valence-corrected chi connectivity index (χ0v) is 37.0. The van der Waals surface area contributed by atoms with Gasteiger partial charge in [-0.15, -0.1) is 0 Å². The molecule has 2 aliphatic heterocycles. The summed E-state index contributed by atoms with van der Waals surface area (Å²) in [5.74, 6) is -2.55. The Hall–Kier alpha value is -6.71. The lowest BCUT2D eigenvalue weighted by Crippen LogP contribution is -2.64. The molecule has 5 heterocycles. The monoisotopic (exact) mass is 908 g/mol. The van der Waals surface area contributed by atoms with Crippen molar-refractivity contribution >= 4 is 50.8 Å². The third kappa shape index (κ3) is 9.45. The SMILES string of the molecule is CCS(=O)(=O)N1CC(CC#N)(n2cc(-c3ncnc4c3ccn4C(=O)N(C)CCN(C)C(=O)OCc3ccc(O[C@@H]4O[C@H](C(=O)OC)[C@@H](C)[C@H](C)[C@H]4OC(C)=O)c([N+](=O)[O-])c3)cn2)C1. The van der Waals surface area contributed by atoms with Gasteiger partial charge in [-0.05, 0) is 30.5 Å². The molecule has 2 saturated heterocycles. The molecule has 5 atom stereocenters. The van der Waals surface area contributed by atoms with Crippen LogP contribution in [0.3, 0.4) is 0 Å². The second kappa shape index (κ2) is 19.0. The first-order valence-electron chi connectivity index (χ1n) is 20.0. The fourth-order valence-corrected chi connectivity index (χ4v) is 8.70. The molecule has 1 aromatic carbocycles. The molecule has 64 heavy (non-hydrogen) atoms. The number of aromatic nitrogens is 5. The maximum atomic E-state index is 13.6. The largest absolute Gasteiger partial charge is 0.467 e. The third-order valence-corrected chi connectivity index (χ3v) is 13.3. The van der Waals surface area contributed by atoms with Crippen LogP contribution in [0, 0.1) is 33.3 Å². The number of benzene rings is 1. The lowest BCUT2D eigenvalue weighted by atomic mass is 9.83. The molecule has 0 spiro atoms. The Morgan fingerprint density at radius 1 is 1.09 bits per heavy atom. The summed E-state index contributed by atoms with van der Waals surface area (Å²) in [6.45, 7) is 6.17. The number of nitro benzene ring substituents is 1. The first-order valence-corrected chi connectivity index (χ1v) is 21.7. The standard InChI is InChI=1S/C40H48N10O13S/c1-8-64(57,58)47-21-40(22-47,12-13-41)49-19-28(18-44-49)32-29-11-14-48(35(29)43-23-42-32)38(53)45(5)15-16-46(6)39(54)60-20-27-9-10-31(30(17-27)50(55)56)62-37-34(61-26(4)51)25(3)24(2)33(63-37)36(52)59-7/h9-11,14,17-19,23-25,33-34,37H,8,12,15-16,20-22H2,1-7H3/t24-,25-,33-,34+,37+/m0/s1. The van der Waals surface area contributed by atoms with Crippen molar-refractivity contribution in [3.8, 4) is 23.1 Å². The summed E-state index contributed by atoms with van der Waals surface area (Å²) in [5.41, 5.74) is 0.241. The van der Waals surface area contributed by atoms with Crippen LogP contribution in [0.2, 0.25) is 0 Å². The minimum atomic E-state index is -3.44. The minimum Gasteiger partial charge on any atom is -0.467 e. The molecule has 6 rings (SSSR count). The van der Waals surface area contributed by atoms with Crippen LogP contribution in [0.25, 0.3) is 22.3 Å². The number of likely N-dealkylation sites (N-methyl/N-ethyl adjacent to an activating group) is 2. The van der Waals surface area contributed by atoms with Crippen molar-refractivity contribution in [1.29, 1.82) is 5.26 Å². The van der Waals surface area contributed by atoms with Crippen LogP contribution < -0.4 is 4.74 Å². The Balaban J connectivity index is 1.06. The molecular formula is C40H48N10O13S. The second-order valence-corrected chi connectivity index (χ2v) is 17.9. The van der Waals surface area contributed by atoms with Gasteiger partial charge in [-0.2, -0.15) is 14.7 Å². The molecule has 4 aromatic rings. The number of sulfonamides is 1. The summed E-state index contributed by atoms with van der Waals surface area (Å²) in [5, 5.41) is 26.7. The maximum Gasteiger partial charge on any atom is 0.409 e. The Morgan fingerprint density at radius 2 is 1.81 bits per heavy atom. The lowest BCUT2D eigenvalue weighted by molar-refractivity contribution is -0.387. The molecular weight excluding hydrogens is 861 g/mol. The van der Waals surface area contributed by atoms with Crippen LogP contribution in [-0.2, 0) is 50.7 Å². The van der Waals surface area contributed by atoms with Crippen molar-refractivity contribution in [2.75, 3.05) is 53.1 Å². The number of amides is 2. The first kappa shape index (κ1) is 46.8. The van der Waals surface area contributed by atoms with Crippen molar-refractivity contribution in [3.63, 3.8) is 0 Å². The highest BCUT2D eigenvalue weighted by Gasteiger charge is 2.50. The molecule has 0 radical (unpaired) electrons. The molecule has 0 N–H and O–H groups in total. The number of carbonyl (C=O) groups is 4. The van der Waals surface area contributed by atoms with Gasteiger partial charge in [0, 0.05) is 82.5 Å². The van der Waals surface area contributed by atoms with Crippen LogP contribution in [-0.4, -0.2) is 147 Å². The van der Waals surface area contributed by atoms with E-state index in [1.807, 2.05) is 0 Å². The van der Waals surface area contributed by atoms with Gasteiger partial charge in [-0.25, -0.2) is 32.8 Å². The van der Waals surface area contributed by atoms with Crippen molar-refractivity contribution in [2.45, 2.75) is 64.8 Å². The number of nitro groups is 1. The third-order valence-electron chi connectivity index (χ3n) is 11.5.